The highest BCUT2D eigenvalue weighted by molar-refractivity contribution is 7.89. The van der Waals surface area contributed by atoms with Gasteiger partial charge in [0.25, 0.3) is 0 Å². The Balaban J connectivity index is 0.00000182. The summed E-state index contributed by atoms with van der Waals surface area (Å²) in [5.41, 5.74) is 7.18. The monoisotopic (exact) mass is 435 g/mol. The number of rotatable bonds is 5. The molecule has 0 atom stereocenters. The van der Waals surface area contributed by atoms with Gasteiger partial charge >= 0.3 is 0 Å². The van der Waals surface area contributed by atoms with Crippen molar-refractivity contribution >= 4 is 40.5 Å². The summed E-state index contributed by atoms with van der Waals surface area (Å²) in [4.78, 5) is 2.40. The van der Waals surface area contributed by atoms with Gasteiger partial charge in [-0.25, -0.2) is 12.8 Å². The number of benzene rings is 2. The van der Waals surface area contributed by atoms with Crippen molar-refractivity contribution in [2.45, 2.75) is 11.3 Å². The van der Waals surface area contributed by atoms with Crippen LogP contribution in [0.5, 0.6) is 0 Å². The molecule has 2 aromatic rings. The third-order valence-corrected chi connectivity index (χ3v) is 6.47. The minimum Gasteiger partial charge on any atom is -0.398 e. The first-order chi connectivity index (χ1) is 12.0. The fourth-order valence-corrected chi connectivity index (χ4v) is 4.52. The van der Waals surface area contributed by atoms with E-state index in [2.05, 4.69) is 4.90 Å². The average molecular weight is 436 g/mol. The zero-order valence-corrected chi connectivity index (χ0v) is 17.2. The van der Waals surface area contributed by atoms with Crippen molar-refractivity contribution in [3.63, 3.8) is 0 Å². The number of nitrogens with two attached hydrogens (primary N) is 1. The number of hydrogen-bond donors (Lipinski definition) is 1. The molecule has 0 aliphatic carbocycles. The summed E-state index contributed by atoms with van der Waals surface area (Å²) < 4.78 is 39.9. The van der Waals surface area contributed by atoms with Crippen LogP contribution in [0.15, 0.2) is 53.4 Å². The van der Waals surface area contributed by atoms with Crippen molar-refractivity contribution < 1.29 is 12.8 Å². The van der Waals surface area contributed by atoms with Gasteiger partial charge in [-0.15, -0.1) is 24.8 Å². The Kier molecular flexibility index (Phi) is 8.98. The first-order valence-electron chi connectivity index (χ1n) is 8.28. The summed E-state index contributed by atoms with van der Waals surface area (Å²) in [6.07, 6.45) is 0.818. The van der Waals surface area contributed by atoms with Gasteiger partial charge in [0.05, 0.1) is 5.69 Å². The van der Waals surface area contributed by atoms with Gasteiger partial charge in [-0.1, -0.05) is 24.3 Å². The maximum absolute atomic E-state index is 12.9. The smallest absolute Gasteiger partial charge is 0.245 e. The van der Waals surface area contributed by atoms with Gasteiger partial charge in [0.2, 0.25) is 10.0 Å². The number of nitrogen functional groups attached to an aromatic ring is 1. The van der Waals surface area contributed by atoms with Gasteiger partial charge in [0, 0.05) is 32.7 Å². The molecule has 2 aromatic carbocycles. The fourth-order valence-electron chi connectivity index (χ4n) is 2.99. The number of para-hydroxylation sites is 1. The quantitative estimate of drug-likeness (QED) is 0.733. The third kappa shape index (κ3) is 5.80. The summed E-state index contributed by atoms with van der Waals surface area (Å²) in [6, 6.07) is 13.1. The zero-order chi connectivity index (χ0) is 17.9. The molecule has 27 heavy (non-hydrogen) atoms. The number of piperazine rings is 1. The van der Waals surface area contributed by atoms with Crippen molar-refractivity contribution in [2.24, 2.45) is 0 Å². The Morgan fingerprint density at radius 1 is 0.926 bits per heavy atom. The average Bonchev–Trinajstić information content (AvgIpc) is 2.62. The predicted octanol–water partition coefficient (Wildman–Crippen LogP) is 2.80. The SMILES string of the molecule is Cl.Cl.Nc1ccccc1S(=O)(=O)N1CCN(CCc2ccc(F)cc2)CC1. The lowest BCUT2D eigenvalue weighted by atomic mass is 10.1. The van der Waals surface area contributed by atoms with Gasteiger partial charge in [0.1, 0.15) is 10.7 Å². The normalized spacial score (nSPS) is 15.6. The van der Waals surface area contributed by atoms with E-state index in [9.17, 15) is 12.8 Å². The Bertz CT molecular complexity index is 827. The lowest BCUT2D eigenvalue weighted by molar-refractivity contribution is 0.190. The van der Waals surface area contributed by atoms with E-state index >= 15 is 0 Å². The van der Waals surface area contributed by atoms with Gasteiger partial charge in [-0.3, -0.25) is 0 Å². The number of nitrogens with zero attached hydrogens (tertiary/aromatic N) is 2. The van der Waals surface area contributed by atoms with Crippen LogP contribution in [0.25, 0.3) is 0 Å². The van der Waals surface area contributed by atoms with Gasteiger partial charge < -0.3 is 10.6 Å². The van der Waals surface area contributed by atoms with Crippen LogP contribution in [0.4, 0.5) is 10.1 Å². The minimum absolute atomic E-state index is 0. The molecular weight excluding hydrogens is 412 g/mol. The lowest BCUT2D eigenvalue weighted by Gasteiger charge is -2.34. The third-order valence-electron chi connectivity index (χ3n) is 4.50. The van der Waals surface area contributed by atoms with Crippen molar-refractivity contribution in [1.82, 2.24) is 9.21 Å². The molecule has 150 valence electrons. The molecule has 0 unspecified atom stereocenters. The summed E-state index contributed by atoms with van der Waals surface area (Å²) in [5, 5.41) is 0. The molecule has 0 spiro atoms. The van der Waals surface area contributed by atoms with Crippen LogP contribution in [0.2, 0.25) is 0 Å². The Hall–Kier alpha value is -1.38. The van der Waals surface area contributed by atoms with Crippen LogP contribution in [-0.2, 0) is 16.4 Å². The molecule has 1 fully saturated rings. The van der Waals surface area contributed by atoms with E-state index in [0.29, 0.717) is 26.2 Å². The molecule has 2 N–H and O–H groups in total. The second-order valence-electron chi connectivity index (χ2n) is 6.16. The maximum atomic E-state index is 12.9. The Morgan fingerprint density at radius 2 is 1.52 bits per heavy atom. The molecule has 1 saturated heterocycles. The summed E-state index contributed by atoms with van der Waals surface area (Å²) in [7, 11) is -3.55. The second kappa shape index (κ2) is 10.2. The largest absolute Gasteiger partial charge is 0.398 e. The number of hydrogen-bond acceptors (Lipinski definition) is 4. The van der Waals surface area contributed by atoms with E-state index in [0.717, 1.165) is 18.5 Å². The number of sulfonamides is 1. The van der Waals surface area contributed by atoms with Crippen molar-refractivity contribution in [2.75, 3.05) is 38.5 Å². The van der Waals surface area contributed by atoms with Crippen LogP contribution in [0, 0.1) is 5.82 Å². The summed E-state index contributed by atoms with van der Waals surface area (Å²) in [5.74, 6) is -0.234. The summed E-state index contributed by atoms with van der Waals surface area (Å²) >= 11 is 0. The maximum Gasteiger partial charge on any atom is 0.245 e. The minimum atomic E-state index is -3.55. The molecule has 1 aliphatic rings. The van der Waals surface area contributed by atoms with Crippen LogP contribution in [-0.4, -0.2) is 50.3 Å². The van der Waals surface area contributed by atoms with Crippen LogP contribution in [0.3, 0.4) is 0 Å². The van der Waals surface area contributed by atoms with E-state index in [1.54, 1.807) is 36.4 Å². The van der Waals surface area contributed by atoms with E-state index < -0.39 is 10.0 Å². The van der Waals surface area contributed by atoms with E-state index in [-0.39, 0.29) is 41.2 Å². The first-order valence-corrected chi connectivity index (χ1v) is 9.72. The topological polar surface area (TPSA) is 66.6 Å². The fraction of sp³-hybridized carbons (Fsp3) is 0.333. The zero-order valence-electron chi connectivity index (χ0n) is 14.8. The van der Waals surface area contributed by atoms with Crippen LogP contribution >= 0.6 is 24.8 Å². The Labute approximate surface area is 172 Å². The number of halogens is 3. The molecule has 5 nitrogen and oxygen atoms in total. The molecule has 0 radical (unpaired) electrons. The molecule has 0 aromatic heterocycles. The standard InChI is InChI=1S/C18H22FN3O2S.2ClH/c19-16-7-5-15(6-8-16)9-10-21-11-13-22(14-12-21)25(23,24)18-4-2-1-3-17(18)20;;/h1-8H,9-14,20H2;2*1H. The molecule has 0 bridgehead atoms. The van der Waals surface area contributed by atoms with Crippen LogP contribution in [0.1, 0.15) is 5.56 Å². The van der Waals surface area contributed by atoms with Crippen molar-refractivity contribution in [3.05, 3.63) is 59.9 Å². The molecular formula is C18H24Cl2FN3O2S. The molecule has 1 aliphatic heterocycles. The van der Waals surface area contributed by atoms with E-state index in [4.69, 9.17) is 5.73 Å². The van der Waals surface area contributed by atoms with E-state index in [1.165, 1.54) is 16.4 Å². The lowest BCUT2D eigenvalue weighted by Crippen LogP contribution is -2.49. The highest BCUT2D eigenvalue weighted by Crippen LogP contribution is 2.23. The number of anilines is 1. The van der Waals surface area contributed by atoms with Crippen LogP contribution < -0.4 is 5.73 Å². The predicted molar refractivity (Wildman–Crippen MR) is 111 cm³/mol. The van der Waals surface area contributed by atoms with Crippen molar-refractivity contribution in [1.29, 1.82) is 0 Å². The van der Waals surface area contributed by atoms with Gasteiger partial charge in [-0.05, 0) is 36.2 Å². The Morgan fingerprint density at radius 3 is 2.11 bits per heavy atom. The molecule has 9 heteroatoms. The van der Waals surface area contributed by atoms with Gasteiger partial charge in [0.15, 0.2) is 0 Å². The molecule has 3 rings (SSSR count). The highest BCUT2D eigenvalue weighted by atomic mass is 35.5. The molecule has 0 amide bonds. The van der Waals surface area contributed by atoms with Gasteiger partial charge in [-0.2, -0.15) is 4.31 Å². The highest BCUT2D eigenvalue weighted by Gasteiger charge is 2.29. The van der Waals surface area contributed by atoms with Crippen molar-refractivity contribution in [3.8, 4) is 0 Å². The molecule has 1 heterocycles. The second-order valence-corrected chi connectivity index (χ2v) is 8.07. The van der Waals surface area contributed by atoms with E-state index in [1.807, 2.05) is 0 Å². The first kappa shape index (κ1) is 23.7. The summed E-state index contributed by atoms with van der Waals surface area (Å²) in [6.45, 7) is 3.06. The molecule has 0 saturated carbocycles.